The standard InChI is InChI=1S/C26H19Cl2FN4O4/c1-14-24(34)30-26(36)33(31-14)18-11-21(27)23(22(28)12-18)37-19-6-7-20-16(10-19)8-9-32(25(20)35)13-15-2-4-17(29)5-3-15/h2-7,10-12H,8-9,13H2,1H3,(H,30,34,36). The van der Waals surface area contributed by atoms with E-state index >= 15 is 0 Å². The number of halogens is 3. The fourth-order valence-corrected chi connectivity index (χ4v) is 4.63. The van der Waals surface area contributed by atoms with Gasteiger partial charge >= 0.3 is 5.69 Å². The molecule has 2 heterocycles. The molecular formula is C26H19Cl2FN4O4. The summed E-state index contributed by atoms with van der Waals surface area (Å²) in [6.07, 6.45) is 0.611. The minimum Gasteiger partial charge on any atom is -0.454 e. The van der Waals surface area contributed by atoms with Gasteiger partial charge in [0.05, 0.1) is 15.7 Å². The van der Waals surface area contributed by atoms with Gasteiger partial charge in [-0.1, -0.05) is 35.3 Å². The zero-order valence-electron chi connectivity index (χ0n) is 19.4. The van der Waals surface area contributed by atoms with Crippen LogP contribution in [0, 0.1) is 12.7 Å². The quantitative estimate of drug-likeness (QED) is 0.396. The summed E-state index contributed by atoms with van der Waals surface area (Å²) in [7, 11) is 0. The second-order valence-corrected chi connectivity index (χ2v) is 9.33. The Labute approximate surface area is 219 Å². The predicted octanol–water partition coefficient (Wildman–Crippen LogP) is 4.67. The van der Waals surface area contributed by atoms with E-state index in [0.29, 0.717) is 30.8 Å². The Morgan fingerprint density at radius 2 is 1.73 bits per heavy atom. The third-order valence-corrected chi connectivity index (χ3v) is 6.53. The number of aromatic nitrogens is 3. The molecule has 1 aromatic heterocycles. The topological polar surface area (TPSA) is 97.3 Å². The highest BCUT2D eigenvalue weighted by molar-refractivity contribution is 6.37. The van der Waals surface area contributed by atoms with Crippen LogP contribution >= 0.6 is 23.2 Å². The number of aryl methyl sites for hydroxylation is 1. The first-order chi connectivity index (χ1) is 17.7. The van der Waals surface area contributed by atoms with E-state index in [-0.39, 0.29) is 38.9 Å². The van der Waals surface area contributed by atoms with Gasteiger partial charge in [-0.2, -0.15) is 9.78 Å². The molecule has 1 aliphatic heterocycles. The van der Waals surface area contributed by atoms with Crippen LogP contribution in [0.15, 0.2) is 64.2 Å². The smallest absolute Gasteiger partial charge is 0.349 e. The summed E-state index contributed by atoms with van der Waals surface area (Å²) in [5, 5.41) is 4.23. The van der Waals surface area contributed by atoms with Gasteiger partial charge in [0, 0.05) is 18.7 Å². The second-order valence-electron chi connectivity index (χ2n) is 8.52. The number of amides is 1. The van der Waals surface area contributed by atoms with E-state index in [1.165, 1.54) is 31.2 Å². The molecule has 0 radical (unpaired) electrons. The maximum atomic E-state index is 13.2. The van der Waals surface area contributed by atoms with Crippen molar-refractivity contribution in [2.24, 2.45) is 0 Å². The molecule has 3 aromatic carbocycles. The number of aromatic amines is 1. The van der Waals surface area contributed by atoms with Gasteiger partial charge < -0.3 is 9.64 Å². The van der Waals surface area contributed by atoms with Crippen molar-refractivity contribution in [3.8, 4) is 17.2 Å². The zero-order valence-corrected chi connectivity index (χ0v) is 20.9. The van der Waals surface area contributed by atoms with Crippen molar-refractivity contribution in [3.05, 3.63) is 114 Å². The van der Waals surface area contributed by atoms with Gasteiger partial charge in [0.2, 0.25) is 0 Å². The molecule has 4 aromatic rings. The van der Waals surface area contributed by atoms with Crippen molar-refractivity contribution in [3.63, 3.8) is 0 Å². The van der Waals surface area contributed by atoms with Gasteiger partial charge in [-0.25, -0.2) is 9.18 Å². The van der Waals surface area contributed by atoms with Crippen LogP contribution in [0.4, 0.5) is 4.39 Å². The van der Waals surface area contributed by atoms with Crippen LogP contribution in [-0.2, 0) is 13.0 Å². The monoisotopic (exact) mass is 540 g/mol. The number of carbonyl (C=O) groups is 1. The highest BCUT2D eigenvalue weighted by Crippen LogP contribution is 2.39. The van der Waals surface area contributed by atoms with Gasteiger partial charge in [-0.15, -0.1) is 0 Å². The summed E-state index contributed by atoms with van der Waals surface area (Å²) in [6, 6.07) is 14.1. The molecule has 0 aliphatic carbocycles. The molecule has 0 spiro atoms. The molecule has 1 amide bonds. The number of fused-ring (bicyclic) bond motifs is 1. The molecule has 0 atom stereocenters. The summed E-state index contributed by atoms with van der Waals surface area (Å²) in [4.78, 5) is 40.7. The van der Waals surface area contributed by atoms with Crippen molar-refractivity contribution in [2.75, 3.05) is 6.54 Å². The summed E-state index contributed by atoms with van der Waals surface area (Å²) < 4.78 is 20.1. The minimum absolute atomic E-state index is 0.104. The van der Waals surface area contributed by atoms with Crippen LogP contribution in [0.25, 0.3) is 5.69 Å². The molecule has 8 nitrogen and oxygen atoms in total. The number of ether oxygens (including phenoxy) is 1. The van der Waals surface area contributed by atoms with Gasteiger partial charge in [0.1, 0.15) is 17.3 Å². The molecule has 1 N–H and O–H groups in total. The lowest BCUT2D eigenvalue weighted by Crippen LogP contribution is -2.37. The molecule has 37 heavy (non-hydrogen) atoms. The summed E-state index contributed by atoms with van der Waals surface area (Å²) >= 11 is 12.8. The highest BCUT2D eigenvalue weighted by atomic mass is 35.5. The first kappa shape index (κ1) is 24.7. The predicted molar refractivity (Wildman–Crippen MR) is 137 cm³/mol. The zero-order chi connectivity index (χ0) is 26.3. The fourth-order valence-electron chi connectivity index (χ4n) is 4.08. The van der Waals surface area contributed by atoms with Crippen LogP contribution in [0.2, 0.25) is 10.0 Å². The van der Waals surface area contributed by atoms with Crippen molar-refractivity contribution in [2.45, 2.75) is 19.9 Å². The Morgan fingerprint density at radius 1 is 1.03 bits per heavy atom. The lowest BCUT2D eigenvalue weighted by atomic mass is 9.98. The number of nitrogens with zero attached hydrogens (tertiary/aromatic N) is 3. The Bertz CT molecular complexity index is 1630. The first-order valence-corrected chi connectivity index (χ1v) is 12.0. The Balaban J connectivity index is 1.37. The molecule has 11 heteroatoms. The van der Waals surface area contributed by atoms with E-state index in [2.05, 4.69) is 10.1 Å². The normalized spacial score (nSPS) is 13.0. The van der Waals surface area contributed by atoms with Crippen molar-refractivity contribution >= 4 is 29.1 Å². The van der Waals surface area contributed by atoms with Gasteiger partial charge in [0.25, 0.3) is 11.5 Å². The molecule has 1 aliphatic rings. The number of rotatable bonds is 5. The van der Waals surface area contributed by atoms with Crippen molar-refractivity contribution in [1.82, 2.24) is 19.7 Å². The number of benzene rings is 3. The largest absolute Gasteiger partial charge is 0.454 e. The fraction of sp³-hybridized carbons (Fsp3) is 0.154. The van der Waals surface area contributed by atoms with Crippen molar-refractivity contribution < 1.29 is 13.9 Å². The minimum atomic E-state index is -0.732. The molecule has 0 unspecified atom stereocenters. The molecule has 188 valence electrons. The van der Waals surface area contributed by atoms with Gasteiger partial charge in [-0.05, 0) is 66.9 Å². The van der Waals surface area contributed by atoms with Crippen molar-refractivity contribution in [1.29, 1.82) is 0 Å². The van der Waals surface area contributed by atoms with E-state index in [1.54, 1.807) is 35.2 Å². The van der Waals surface area contributed by atoms with Crippen LogP contribution in [0.5, 0.6) is 11.5 Å². The number of H-pyrrole nitrogens is 1. The maximum Gasteiger partial charge on any atom is 0.349 e. The Morgan fingerprint density at radius 3 is 2.43 bits per heavy atom. The maximum absolute atomic E-state index is 13.2. The van der Waals surface area contributed by atoms with E-state index < -0.39 is 11.2 Å². The van der Waals surface area contributed by atoms with Crippen LogP contribution < -0.4 is 16.0 Å². The molecule has 0 fully saturated rings. The molecular weight excluding hydrogens is 522 g/mol. The van der Waals surface area contributed by atoms with E-state index in [1.807, 2.05) is 0 Å². The average molecular weight is 541 g/mol. The molecule has 0 saturated carbocycles. The molecule has 5 rings (SSSR count). The second kappa shape index (κ2) is 9.84. The third kappa shape index (κ3) is 5.00. The van der Waals surface area contributed by atoms with Crippen LogP contribution in [0.3, 0.4) is 0 Å². The Hall–Kier alpha value is -3.95. The molecule has 0 bridgehead atoms. The average Bonchev–Trinajstić information content (AvgIpc) is 2.86. The SMILES string of the molecule is Cc1nn(-c2cc(Cl)c(Oc3ccc4c(c3)CCN(Cc3ccc(F)cc3)C4=O)c(Cl)c2)c(=O)[nH]c1=O. The highest BCUT2D eigenvalue weighted by Gasteiger charge is 2.25. The summed E-state index contributed by atoms with van der Waals surface area (Å²) in [6.45, 7) is 2.36. The first-order valence-electron chi connectivity index (χ1n) is 11.2. The van der Waals surface area contributed by atoms with Crippen LogP contribution in [-0.4, -0.2) is 32.1 Å². The number of carbonyl (C=O) groups excluding carboxylic acids is 1. The van der Waals surface area contributed by atoms with E-state index in [9.17, 15) is 18.8 Å². The van der Waals surface area contributed by atoms with E-state index in [4.69, 9.17) is 27.9 Å². The molecule has 0 saturated heterocycles. The van der Waals surface area contributed by atoms with Gasteiger partial charge in [-0.3, -0.25) is 14.6 Å². The number of hydrogen-bond acceptors (Lipinski definition) is 5. The third-order valence-electron chi connectivity index (χ3n) is 5.97. The summed E-state index contributed by atoms with van der Waals surface area (Å²) in [5.74, 6) is 0.164. The lowest BCUT2D eigenvalue weighted by molar-refractivity contribution is 0.0727. The number of nitrogens with one attached hydrogen (secondary N) is 1. The van der Waals surface area contributed by atoms with Gasteiger partial charge in [0.15, 0.2) is 5.75 Å². The van der Waals surface area contributed by atoms with E-state index in [0.717, 1.165) is 15.8 Å². The van der Waals surface area contributed by atoms with Crippen LogP contribution in [0.1, 0.15) is 27.2 Å². The number of hydrogen-bond donors (Lipinski definition) is 1. The lowest BCUT2D eigenvalue weighted by Gasteiger charge is -2.29. The summed E-state index contributed by atoms with van der Waals surface area (Å²) in [5.41, 5.74) is 1.27. The Kier molecular flexibility index (Phi) is 6.57.